The summed E-state index contributed by atoms with van der Waals surface area (Å²) in [5.41, 5.74) is 3.08. The van der Waals surface area contributed by atoms with Gasteiger partial charge in [-0.1, -0.05) is 0 Å². The molecule has 2 aromatic carbocycles. The van der Waals surface area contributed by atoms with Gasteiger partial charge >= 0.3 is 187 Å². The maximum absolute atomic E-state index is 2.34. The summed E-state index contributed by atoms with van der Waals surface area (Å²) in [5, 5.41) is 0. The second-order valence-corrected chi connectivity index (χ2v) is 9.54. The van der Waals surface area contributed by atoms with Gasteiger partial charge in [-0.15, -0.1) is 0 Å². The molecule has 0 spiro atoms. The minimum atomic E-state index is 1.22. The van der Waals surface area contributed by atoms with Gasteiger partial charge in [0.15, 0.2) is 0 Å². The van der Waals surface area contributed by atoms with Gasteiger partial charge in [-0.25, -0.2) is 0 Å². The van der Waals surface area contributed by atoms with E-state index in [-0.39, 0.29) is 0 Å². The monoisotopic (exact) mass is 436 g/mol. The van der Waals surface area contributed by atoms with Gasteiger partial charge < -0.3 is 0 Å². The third-order valence-electron chi connectivity index (χ3n) is 5.63. The van der Waals surface area contributed by atoms with Crippen molar-refractivity contribution in [2.75, 3.05) is 0 Å². The van der Waals surface area contributed by atoms with E-state index in [0.29, 0.717) is 0 Å². The molecular weight excluding hydrogens is 395 g/mol. The van der Waals surface area contributed by atoms with Crippen molar-refractivity contribution >= 4 is 9.07 Å². The Morgan fingerprint density at radius 1 is 0.483 bits per heavy atom. The van der Waals surface area contributed by atoms with Gasteiger partial charge in [-0.3, -0.25) is 0 Å². The molecule has 0 aliphatic rings. The second-order valence-electron chi connectivity index (χ2n) is 8.23. The molecule has 29 heavy (non-hydrogen) atoms. The van der Waals surface area contributed by atoms with Crippen LogP contribution in [0.2, 0.25) is 0 Å². The molecule has 1 heteroatoms. The fraction of sp³-hybridized carbons (Fsp3) is 0.571. The van der Waals surface area contributed by atoms with Crippen LogP contribution >= 0.6 is 0 Å². The van der Waals surface area contributed by atoms with Gasteiger partial charge in [0.1, 0.15) is 0 Å². The van der Waals surface area contributed by atoms with E-state index in [9.17, 15) is 0 Å². The SMILES string of the molecule is CCCCCCCCc1cccc[c]1[Ni][c]1ccccc1CCCCCCCC. The summed E-state index contributed by atoms with van der Waals surface area (Å²) in [6.07, 6.45) is 18.9. The van der Waals surface area contributed by atoms with Crippen LogP contribution in [0.25, 0.3) is 0 Å². The predicted octanol–water partition coefficient (Wildman–Crippen LogP) is 7.53. The molecule has 0 amide bonds. The van der Waals surface area contributed by atoms with Gasteiger partial charge in [-0.2, -0.15) is 0 Å². The van der Waals surface area contributed by atoms with Crippen LogP contribution in [0.4, 0.5) is 0 Å². The third kappa shape index (κ3) is 9.99. The van der Waals surface area contributed by atoms with Gasteiger partial charge in [0.05, 0.1) is 0 Å². The molecule has 0 bridgehead atoms. The first-order valence-corrected chi connectivity index (χ1v) is 13.1. The first-order chi connectivity index (χ1) is 14.3. The van der Waals surface area contributed by atoms with Crippen LogP contribution in [0.1, 0.15) is 102 Å². The van der Waals surface area contributed by atoms with Crippen molar-refractivity contribution in [1.29, 1.82) is 0 Å². The third-order valence-corrected chi connectivity index (χ3v) is 7.12. The van der Waals surface area contributed by atoms with Crippen molar-refractivity contribution in [3.8, 4) is 0 Å². The van der Waals surface area contributed by atoms with E-state index >= 15 is 0 Å². The van der Waals surface area contributed by atoms with Crippen molar-refractivity contribution in [1.82, 2.24) is 0 Å². The molecule has 0 unspecified atom stereocenters. The number of unbranched alkanes of at least 4 members (excludes halogenated alkanes) is 10. The first kappa shape index (κ1) is 24.2. The summed E-state index contributed by atoms with van der Waals surface area (Å²) in [4.78, 5) is 0. The van der Waals surface area contributed by atoms with Crippen LogP contribution in [0, 0.1) is 0 Å². The number of hydrogen-bond acceptors (Lipinski definition) is 0. The van der Waals surface area contributed by atoms with Crippen molar-refractivity contribution in [3.63, 3.8) is 0 Å². The number of aryl methyl sites for hydroxylation is 2. The van der Waals surface area contributed by atoms with Gasteiger partial charge in [0.2, 0.25) is 0 Å². The summed E-state index contributed by atoms with van der Waals surface area (Å²) >= 11 is 1.76. The molecule has 0 saturated heterocycles. The van der Waals surface area contributed by atoms with E-state index in [4.69, 9.17) is 0 Å². The molecule has 0 saturated carbocycles. The average molecular weight is 437 g/mol. The number of benzene rings is 2. The zero-order chi connectivity index (χ0) is 20.6. The topological polar surface area (TPSA) is 0 Å². The summed E-state index contributed by atoms with van der Waals surface area (Å²) in [6.45, 7) is 4.58. The molecule has 2 aromatic rings. The van der Waals surface area contributed by atoms with Crippen LogP contribution in [-0.4, -0.2) is 0 Å². The van der Waals surface area contributed by atoms with E-state index < -0.39 is 0 Å². The molecule has 0 nitrogen and oxygen atoms in total. The zero-order valence-electron chi connectivity index (χ0n) is 18.8. The fourth-order valence-electron chi connectivity index (χ4n) is 3.80. The summed E-state index contributed by atoms with van der Waals surface area (Å²) in [6, 6.07) is 18.2. The minimum absolute atomic E-state index is 1.22. The molecule has 2 rings (SSSR count). The quantitative estimate of drug-likeness (QED) is 0.188. The Hall–Kier alpha value is -1.07. The Bertz CT molecular complexity index is 603. The first-order valence-electron chi connectivity index (χ1n) is 12.1. The van der Waals surface area contributed by atoms with Crippen LogP contribution in [0.15, 0.2) is 48.5 Å². The molecule has 0 N–H and O–H groups in total. The average Bonchev–Trinajstić information content (AvgIpc) is 2.75. The molecule has 0 fully saturated rings. The summed E-state index contributed by atoms with van der Waals surface area (Å²) in [7, 11) is 0. The zero-order valence-corrected chi connectivity index (χ0v) is 19.8. The molecule has 0 aromatic heterocycles. The van der Waals surface area contributed by atoms with E-state index in [1.807, 2.05) is 0 Å². The van der Waals surface area contributed by atoms with Gasteiger partial charge in [0, 0.05) is 0 Å². The maximum atomic E-state index is 2.34. The standard InChI is InChI=1S/2C14H21.Ni/c2*1-2-3-4-5-6-8-11-14-12-9-7-10-13-14;/h2*7,9-10,12H,2-6,8,11H2,1H3;. The van der Waals surface area contributed by atoms with Crippen LogP contribution in [0.3, 0.4) is 0 Å². The summed E-state index contributed by atoms with van der Waals surface area (Å²) in [5.74, 6) is 0. The summed E-state index contributed by atoms with van der Waals surface area (Å²) < 4.78 is 2.95. The van der Waals surface area contributed by atoms with Crippen molar-refractivity contribution in [2.45, 2.75) is 104 Å². The van der Waals surface area contributed by atoms with Crippen molar-refractivity contribution in [3.05, 3.63) is 59.7 Å². The molecule has 0 aliphatic carbocycles. The predicted molar refractivity (Wildman–Crippen MR) is 126 cm³/mol. The van der Waals surface area contributed by atoms with Gasteiger partial charge in [0.25, 0.3) is 0 Å². The van der Waals surface area contributed by atoms with Crippen LogP contribution < -0.4 is 9.07 Å². The molecular formula is C28H42Ni. The van der Waals surface area contributed by atoms with E-state index in [1.54, 1.807) is 14.4 Å². The normalized spacial score (nSPS) is 11.2. The molecule has 0 heterocycles. The van der Waals surface area contributed by atoms with Gasteiger partial charge in [-0.05, 0) is 0 Å². The Balaban J connectivity index is 1.87. The Morgan fingerprint density at radius 3 is 1.31 bits per heavy atom. The van der Waals surface area contributed by atoms with Crippen molar-refractivity contribution < 1.29 is 14.4 Å². The van der Waals surface area contributed by atoms with E-state index in [0.717, 1.165) is 0 Å². The Labute approximate surface area is 186 Å². The van der Waals surface area contributed by atoms with Crippen LogP contribution in [0.5, 0.6) is 0 Å². The van der Waals surface area contributed by atoms with E-state index in [2.05, 4.69) is 62.4 Å². The molecule has 0 atom stereocenters. The second kappa shape index (κ2) is 15.7. The molecule has 0 radical (unpaired) electrons. The van der Waals surface area contributed by atoms with Crippen molar-refractivity contribution in [2.24, 2.45) is 0 Å². The molecule has 0 aliphatic heterocycles. The molecule has 164 valence electrons. The Kier molecular flexibility index (Phi) is 13.1. The number of rotatable bonds is 16. The fourth-order valence-corrected chi connectivity index (χ4v) is 5.17. The van der Waals surface area contributed by atoms with E-state index in [1.165, 1.54) is 110 Å². The van der Waals surface area contributed by atoms with Crippen LogP contribution in [-0.2, 0) is 27.3 Å². The Morgan fingerprint density at radius 2 is 0.862 bits per heavy atom. The number of hydrogen-bond donors (Lipinski definition) is 0.